The molecule has 0 aliphatic carbocycles. The molecule has 1 aliphatic heterocycles. The van der Waals surface area contributed by atoms with Crippen LogP contribution in [0.15, 0.2) is 0 Å². The summed E-state index contributed by atoms with van der Waals surface area (Å²) >= 11 is 2.82. The average Bonchev–Trinajstić information content (AvgIpc) is 2.50. The van der Waals surface area contributed by atoms with E-state index in [1.54, 1.807) is 0 Å². The summed E-state index contributed by atoms with van der Waals surface area (Å²) in [6.07, 6.45) is 0.402. The van der Waals surface area contributed by atoms with E-state index in [4.69, 9.17) is 5.11 Å². The summed E-state index contributed by atoms with van der Waals surface area (Å²) in [5, 5.41) is 18.4. The minimum Gasteiger partial charge on any atom is -0.393 e. The van der Waals surface area contributed by atoms with Crippen molar-refractivity contribution in [2.75, 3.05) is 19.7 Å². The fourth-order valence-electron chi connectivity index (χ4n) is 1.28. The third-order valence-corrected chi connectivity index (χ3v) is 2.27. The molecule has 13 heavy (non-hydrogen) atoms. The first-order valence-electron chi connectivity index (χ1n) is 3.85. The maximum atomic E-state index is 11.2. The quantitative estimate of drug-likeness (QED) is 0.603. The summed E-state index contributed by atoms with van der Waals surface area (Å²) < 4.78 is 0. The molecule has 0 spiro atoms. The summed E-state index contributed by atoms with van der Waals surface area (Å²) in [6.45, 7) is 0.278. The molecule has 0 aromatic carbocycles. The Bertz CT molecular complexity index is 270. The second kappa shape index (κ2) is 4.09. The Morgan fingerprint density at radius 1 is 1.69 bits per heavy atom. The van der Waals surface area contributed by atoms with Gasteiger partial charge in [0.15, 0.2) is 0 Å². The molecular formula is C8H10BrNO3. The van der Waals surface area contributed by atoms with Gasteiger partial charge >= 0.3 is 0 Å². The molecule has 1 rings (SSSR count). The molecule has 72 valence electrons. The average molecular weight is 248 g/mol. The number of hydrogen-bond donors (Lipinski definition) is 2. The van der Waals surface area contributed by atoms with Gasteiger partial charge < -0.3 is 15.1 Å². The first-order chi connectivity index (χ1) is 6.11. The molecule has 1 aliphatic rings. The van der Waals surface area contributed by atoms with Crippen LogP contribution in [0.2, 0.25) is 0 Å². The van der Waals surface area contributed by atoms with Gasteiger partial charge in [0.1, 0.15) is 5.60 Å². The maximum absolute atomic E-state index is 11.2. The molecule has 4 nitrogen and oxygen atoms in total. The monoisotopic (exact) mass is 247 g/mol. The molecule has 1 unspecified atom stereocenters. The molecule has 2 N–H and O–H groups in total. The second-order valence-electron chi connectivity index (χ2n) is 3.08. The fraction of sp³-hybridized carbons (Fsp3) is 0.625. The van der Waals surface area contributed by atoms with Crippen LogP contribution in [0.3, 0.4) is 0 Å². The highest BCUT2D eigenvalue weighted by atomic mass is 79.9. The van der Waals surface area contributed by atoms with Crippen LogP contribution in [0.25, 0.3) is 0 Å². The summed E-state index contributed by atoms with van der Waals surface area (Å²) in [4.78, 5) is 14.9. The van der Waals surface area contributed by atoms with Crippen molar-refractivity contribution < 1.29 is 15.0 Å². The molecule has 1 atom stereocenters. The second-order valence-corrected chi connectivity index (χ2v) is 3.48. The maximum Gasteiger partial charge on any atom is 0.299 e. The molecule has 0 bridgehead atoms. The predicted octanol–water partition coefficient (Wildman–Crippen LogP) is -0.702. The molecule has 5 heteroatoms. The lowest BCUT2D eigenvalue weighted by molar-refractivity contribution is -0.125. The summed E-state index contributed by atoms with van der Waals surface area (Å²) in [6, 6.07) is 0. The SMILES string of the molecule is O=C(C#CBr)N1CCC(O)(CO)C1. The van der Waals surface area contributed by atoms with E-state index in [-0.39, 0.29) is 19.1 Å². The van der Waals surface area contributed by atoms with Gasteiger partial charge in [0.2, 0.25) is 0 Å². The number of β-amino-alcohol motifs (C(OH)–C–C–N with tert-alkyl or cyclic N) is 1. The van der Waals surface area contributed by atoms with E-state index in [1.165, 1.54) is 4.90 Å². The number of aliphatic hydroxyl groups is 2. The summed E-state index contributed by atoms with van der Waals surface area (Å²) in [5.74, 6) is 1.98. The molecule has 0 radical (unpaired) electrons. The van der Waals surface area contributed by atoms with Crippen molar-refractivity contribution in [3.8, 4) is 10.8 Å². The Kier molecular flexibility index (Phi) is 3.31. The van der Waals surface area contributed by atoms with Gasteiger partial charge in [-0.25, -0.2) is 0 Å². The standard InChI is InChI=1S/C8H10BrNO3/c9-3-1-7(12)10-4-2-8(13,5-10)6-11/h11,13H,2,4-6H2. The molecule has 1 saturated heterocycles. The third-order valence-electron chi connectivity index (χ3n) is 2.07. The first-order valence-corrected chi connectivity index (χ1v) is 4.64. The van der Waals surface area contributed by atoms with Crippen molar-refractivity contribution in [2.24, 2.45) is 0 Å². The Morgan fingerprint density at radius 2 is 2.38 bits per heavy atom. The highest BCUT2D eigenvalue weighted by Gasteiger charge is 2.37. The number of nitrogens with zero attached hydrogens (tertiary/aromatic N) is 1. The van der Waals surface area contributed by atoms with Crippen LogP contribution in [-0.2, 0) is 4.79 Å². The van der Waals surface area contributed by atoms with Crippen LogP contribution < -0.4 is 0 Å². The van der Waals surface area contributed by atoms with Crippen LogP contribution >= 0.6 is 15.9 Å². The number of aliphatic hydroxyl groups excluding tert-OH is 1. The van der Waals surface area contributed by atoms with Crippen LogP contribution in [-0.4, -0.2) is 46.3 Å². The molecule has 1 fully saturated rings. The van der Waals surface area contributed by atoms with Crippen LogP contribution in [0.4, 0.5) is 0 Å². The zero-order valence-corrected chi connectivity index (χ0v) is 8.54. The van der Waals surface area contributed by atoms with Gasteiger partial charge in [-0.15, -0.1) is 0 Å². The van der Waals surface area contributed by atoms with Gasteiger partial charge in [-0.3, -0.25) is 4.79 Å². The van der Waals surface area contributed by atoms with Crippen molar-refractivity contribution in [1.29, 1.82) is 0 Å². The number of rotatable bonds is 1. The van der Waals surface area contributed by atoms with E-state index in [2.05, 4.69) is 26.7 Å². The number of amides is 1. The van der Waals surface area contributed by atoms with E-state index >= 15 is 0 Å². The van der Waals surface area contributed by atoms with Crippen molar-refractivity contribution in [3.63, 3.8) is 0 Å². The van der Waals surface area contributed by atoms with Gasteiger partial charge in [-0.1, -0.05) is 0 Å². The normalized spacial score (nSPS) is 26.8. The number of likely N-dealkylation sites (tertiary alicyclic amines) is 1. The predicted molar refractivity (Wildman–Crippen MR) is 49.9 cm³/mol. The van der Waals surface area contributed by atoms with E-state index < -0.39 is 5.60 Å². The smallest absolute Gasteiger partial charge is 0.299 e. The lowest BCUT2D eigenvalue weighted by Gasteiger charge is -2.19. The Labute approximate surface area is 84.7 Å². The van der Waals surface area contributed by atoms with Crippen molar-refractivity contribution in [2.45, 2.75) is 12.0 Å². The zero-order valence-electron chi connectivity index (χ0n) is 6.96. The topological polar surface area (TPSA) is 60.8 Å². The number of hydrogen-bond acceptors (Lipinski definition) is 3. The van der Waals surface area contributed by atoms with Crippen LogP contribution in [0.1, 0.15) is 6.42 Å². The Morgan fingerprint density at radius 3 is 2.85 bits per heavy atom. The van der Waals surface area contributed by atoms with Crippen LogP contribution in [0.5, 0.6) is 0 Å². The molecule has 1 heterocycles. The van der Waals surface area contributed by atoms with Gasteiger partial charge in [0.25, 0.3) is 5.91 Å². The van der Waals surface area contributed by atoms with E-state index in [0.717, 1.165) is 0 Å². The first kappa shape index (κ1) is 10.5. The lowest BCUT2D eigenvalue weighted by atomic mass is 10.1. The highest BCUT2D eigenvalue weighted by Crippen LogP contribution is 2.20. The van der Waals surface area contributed by atoms with Crippen molar-refractivity contribution in [3.05, 3.63) is 0 Å². The highest BCUT2D eigenvalue weighted by molar-refractivity contribution is 9.12. The van der Waals surface area contributed by atoms with E-state index in [1.807, 2.05) is 0 Å². The largest absolute Gasteiger partial charge is 0.393 e. The molecule has 0 aromatic heterocycles. The van der Waals surface area contributed by atoms with Gasteiger partial charge in [0, 0.05) is 28.4 Å². The van der Waals surface area contributed by atoms with Crippen molar-refractivity contribution >= 4 is 21.8 Å². The van der Waals surface area contributed by atoms with Gasteiger partial charge in [-0.05, 0) is 11.3 Å². The summed E-state index contributed by atoms with van der Waals surface area (Å²) in [7, 11) is 0. The number of carbonyl (C=O) groups is 1. The van der Waals surface area contributed by atoms with Gasteiger partial charge in [-0.2, -0.15) is 0 Å². The van der Waals surface area contributed by atoms with Crippen LogP contribution in [0, 0.1) is 10.8 Å². The Balaban J connectivity index is 2.58. The molecule has 0 saturated carbocycles. The minimum atomic E-state index is -1.14. The number of carbonyl (C=O) groups excluding carboxylic acids is 1. The molecular weight excluding hydrogens is 238 g/mol. The third kappa shape index (κ3) is 2.44. The van der Waals surface area contributed by atoms with Gasteiger partial charge in [0.05, 0.1) is 13.2 Å². The zero-order chi connectivity index (χ0) is 9.90. The van der Waals surface area contributed by atoms with Crippen molar-refractivity contribution in [1.82, 2.24) is 4.90 Å². The number of halogens is 1. The lowest BCUT2D eigenvalue weighted by Crippen LogP contribution is -2.38. The molecule has 0 aromatic rings. The fourth-order valence-corrected chi connectivity index (χ4v) is 1.45. The molecule has 1 amide bonds. The minimum absolute atomic E-state index is 0.157. The van der Waals surface area contributed by atoms with E-state index in [0.29, 0.717) is 13.0 Å². The summed E-state index contributed by atoms with van der Waals surface area (Å²) in [5.41, 5.74) is -1.14. The Hall–Kier alpha value is -0.570. The van der Waals surface area contributed by atoms with E-state index in [9.17, 15) is 9.90 Å².